The molecule has 9 heteroatoms. The zero-order valence-corrected chi connectivity index (χ0v) is 36.5. The van der Waals surface area contributed by atoms with Crippen molar-refractivity contribution in [1.82, 2.24) is 9.88 Å². The van der Waals surface area contributed by atoms with Crippen molar-refractivity contribution < 1.29 is 29.5 Å². The molecule has 0 saturated carbocycles. The monoisotopic (exact) mass is 857 g/mol. The van der Waals surface area contributed by atoms with Crippen molar-refractivity contribution >= 4 is 16.6 Å². The number of dihydropyridines is 1. The maximum absolute atomic E-state index is 12.0. The van der Waals surface area contributed by atoms with Crippen LogP contribution in [-0.4, -0.2) is 58.1 Å². The summed E-state index contributed by atoms with van der Waals surface area (Å²) in [5.74, 6) is 9.66. The Morgan fingerprint density at radius 1 is 0.906 bits per heavy atom. The molecule has 330 valence electrons. The minimum absolute atomic E-state index is 0.0594. The van der Waals surface area contributed by atoms with Gasteiger partial charge in [-0.1, -0.05) is 60.4 Å². The quantitative estimate of drug-likeness (QED) is 0.114. The lowest BCUT2D eigenvalue weighted by molar-refractivity contribution is -0.00226. The first kappa shape index (κ1) is 41.2. The number of nitrogens with one attached hydrogen (secondary N) is 1. The highest BCUT2D eigenvalue weighted by molar-refractivity contribution is 5.88. The summed E-state index contributed by atoms with van der Waals surface area (Å²) in [7, 11) is 0. The highest BCUT2D eigenvalue weighted by Gasteiger charge is 2.47. The van der Waals surface area contributed by atoms with Crippen molar-refractivity contribution in [3.05, 3.63) is 141 Å². The molecule has 0 radical (unpaired) electrons. The minimum Gasteiger partial charge on any atom is -0.508 e. The number of nitrogens with zero attached hydrogens (tertiary/aromatic N) is 1. The first-order chi connectivity index (χ1) is 31.3. The molecule has 1 fully saturated rings. The third-order valence-electron chi connectivity index (χ3n) is 15.5. The summed E-state index contributed by atoms with van der Waals surface area (Å²) in [5, 5.41) is 39.1. The number of hydrogen-bond donors (Lipinski definition) is 5. The summed E-state index contributed by atoms with van der Waals surface area (Å²) in [5.41, 5.74) is 16.9. The molecule has 6 N–H and O–H groups in total. The highest BCUT2D eigenvalue weighted by Crippen LogP contribution is 2.52. The van der Waals surface area contributed by atoms with Gasteiger partial charge in [0.2, 0.25) is 0 Å². The van der Waals surface area contributed by atoms with Crippen LogP contribution in [-0.2, 0) is 47.2 Å². The Bertz CT molecular complexity index is 2710. The van der Waals surface area contributed by atoms with E-state index in [-0.39, 0.29) is 41.5 Å². The second-order valence-electron chi connectivity index (χ2n) is 19.3. The molecular formula is C55H59N3O6. The summed E-state index contributed by atoms with van der Waals surface area (Å²) in [4.78, 5) is 0. The molecular weight excluding hydrogens is 799 g/mol. The number of aryl methyl sites for hydroxylation is 2. The molecule has 8 bridgehead atoms. The van der Waals surface area contributed by atoms with Crippen LogP contribution in [0, 0.1) is 29.6 Å². The van der Waals surface area contributed by atoms with Gasteiger partial charge in [0.25, 0.3) is 0 Å². The van der Waals surface area contributed by atoms with Gasteiger partial charge >= 0.3 is 0 Å². The Morgan fingerprint density at radius 3 is 2.70 bits per heavy atom. The third kappa shape index (κ3) is 7.68. The summed E-state index contributed by atoms with van der Waals surface area (Å²) in [6, 6.07) is 25.0. The SMILES string of the molecule is NC1C=C2C#C[C@H](CCc3ccc(O)cc3)CCC[C@H]3C[C@H](O)[C@@H]4CCc5c(ccc(O)c5OCc5cc([C@]67CCOC[C@@H]6CCc6ccccc67)cc6cn(cc56)C(=C2CO3)N1)C4. The van der Waals surface area contributed by atoms with E-state index in [1.54, 1.807) is 18.2 Å². The van der Waals surface area contributed by atoms with Crippen molar-refractivity contribution in [3.8, 4) is 29.1 Å². The van der Waals surface area contributed by atoms with Gasteiger partial charge in [-0.15, -0.1) is 0 Å². The number of phenolic OH excluding ortho intramolecular Hbond substituents is 2. The first-order valence-electron chi connectivity index (χ1n) is 23.6. The van der Waals surface area contributed by atoms with Gasteiger partial charge in [-0.05, 0) is 153 Å². The van der Waals surface area contributed by atoms with E-state index in [4.69, 9.17) is 19.9 Å². The van der Waals surface area contributed by atoms with Crippen molar-refractivity contribution in [2.75, 3.05) is 19.8 Å². The highest BCUT2D eigenvalue weighted by atomic mass is 16.5. The van der Waals surface area contributed by atoms with Gasteiger partial charge in [0.05, 0.1) is 31.6 Å². The second kappa shape index (κ2) is 17.1. The summed E-state index contributed by atoms with van der Waals surface area (Å²) >= 11 is 0. The van der Waals surface area contributed by atoms with Crippen LogP contribution in [0.4, 0.5) is 0 Å². The van der Waals surface area contributed by atoms with E-state index in [9.17, 15) is 15.3 Å². The lowest BCUT2D eigenvalue weighted by atomic mass is 9.57. The van der Waals surface area contributed by atoms with Crippen LogP contribution in [0.15, 0.2) is 102 Å². The minimum atomic E-state index is -0.552. The van der Waals surface area contributed by atoms with E-state index in [1.165, 1.54) is 22.3 Å². The number of phenols is 2. The van der Waals surface area contributed by atoms with Gasteiger partial charge in [0, 0.05) is 57.8 Å². The van der Waals surface area contributed by atoms with Crippen LogP contribution in [0.2, 0.25) is 0 Å². The topological polar surface area (TPSA) is 131 Å². The van der Waals surface area contributed by atoms with Crippen molar-refractivity contribution in [3.63, 3.8) is 0 Å². The number of rotatable bonds is 4. The Labute approximate surface area is 375 Å². The number of aromatic nitrogens is 1. The molecule has 4 aromatic carbocycles. The third-order valence-corrected chi connectivity index (χ3v) is 15.5. The Morgan fingerprint density at radius 2 is 1.80 bits per heavy atom. The normalized spacial score (nSPS) is 27.8. The second-order valence-corrected chi connectivity index (χ2v) is 19.3. The number of nitrogens with two attached hydrogens (primary N) is 1. The molecule has 5 aromatic rings. The number of aliphatic hydroxyl groups is 1. The standard InChI is InChI=1S/C55H59N3O6/c56-52-27-38-13-10-34(8-9-35-11-18-44(59)19-12-35)4-3-6-45-28-51(61)39-15-20-46-37(24-39)16-21-50(60)53(46)64-31-41-26-43(25-40-29-58(30-47(40)41)54(57-52)48(38)33-63-45)55-22-23-62-32-42(55)17-14-36-5-1-2-7-49(36)55/h1-2,5,7,11-12,16,18-19,21,25-27,29-30,34,39,42,45,51-52,57,59-61H,3-4,6,8-9,14-15,17,20,22-24,28,31-33,56H2/t34-,39+,42-,45-,51-,52?,55-/m0/s1. The zero-order valence-electron chi connectivity index (χ0n) is 36.5. The molecule has 1 unspecified atom stereocenters. The number of benzene rings is 4. The maximum Gasteiger partial charge on any atom is 0.164 e. The fourth-order valence-electron chi connectivity index (χ4n) is 12.0. The number of ether oxygens (including phenoxy) is 3. The van der Waals surface area contributed by atoms with E-state index in [1.807, 2.05) is 24.3 Å². The Balaban J connectivity index is 1.07. The molecule has 6 heterocycles. The molecule has 0 amide bonds. The smallest absolute Gasteiger partial charge is 0.164 e. The molecule has 64 heavy (non-hydrogen) atoms. The fourth-order valence-corrected chi connectivity index (χ4v) is 12.0. The van der Waals surface area contributed by atoms with Gasteiger partial charge in [-0.25, -0.2) is 0 Å². The molecule has 0 spiro atoms. The van der Waals surface area contributed by atoms with Gasteiger partial charge in [0.1, 0.15) is 18.2 Å². The molecule has 1 saturated heterocycles. The van der Waals surface area contributed by atoms with Crippen LogP contribution in [0.3, 0.4) is 0 Å². The van der Waals surface area contributed by atoms with E-state index < -0.39 is 12.3 Å². The molecule has 2 aliphatic carbocycles. The molecule has 5 aliphatic heterocycles. The average molecular weight is 858 g/mol. The van der Waals surface area contributed by atoms with Crippen LogP contribution in [0.5, 0.6) is 17.2 Å². The lowest BCUT2D eigenvalue weighted by Gasteiger charge is -2.49. The van der Waals surface area contributed by atoms with Gasteiger partial charge in [-0.3, -0.25) is 0 Å². The van der Waals surface area contributed by atoms with Crippen LogP contribution in [0.25, 0.3) is 16.6 Å². The molecule has 7 aliphatic rings. The maximum atomic E-state index is 12.0. The van der Waals surface area contributed by atoms with E-state index in [2.05, 4.69) is 70.5 Å². The van der Waals surface area contributed by atoms with Crippen LogP contribution in [0.1, 0.15) is 90.3 Å². The van der Waals surface area contributed by atoms with Crippen LogP contribution < -0.4 is 15.8 Å². The predicted octanol–water partition coefficient (Wildman–Crippen LogP) is 8.57. The largest absolute Gasteiger partial charge is 0.508 e. The number of fused-ring (bicyclic) bond motifs is 6. The Hall–Kier alpha value is -5.50. The molecule has 1 aromatic heterocycles. The number of hydrogen-bond acceptors (Lipinski definition) is 8. The van der Waals surface area contributed by atoms with Crippen molar-refractivity contribution in [2.24, 2.45) is 23.5 Å². The summed E-state index contributed by atoms with van der Waals surface area (Å²) in [6.45, 7) is 2.02. The van der Waals surface area contributed by atoms with Gasteiger partial charge in [0.15, 0.2) is 11.5 Å². The molecule has 7 atom stereocenters. The zero-order chi connectivity index (χ0) is 43.4. The van der Waals surface area contributed by atoms with Gasteiger partial charge < -0.3 is 45.1 Å². The van der Waals surface area contributed by atoms with E-state index in [0.29, 0.717) is 37.7 Å². The number of aromatic hydroxyl groups is 2. The number of aliphatic hydroxyl groups excluding tert-OH is 1. The fraction of sp³-hybridized carbons (Fsp3) is 0.418. The average Bonchev–Trinajstić information content (AvgIpc) is 3.74. The van der Waals surface area contributed by atoms with E-state index in [0.717, 1.165) is 115 Å². The van der Waals surface area contributed by atoms with Gasteiger partial charge in [-0.2, -0.15) is 0 Å². The summed E-state index contributed by atoms with van der Waals surface area (Å²) in [6.07, 6.45) is 15.4. The van der Waals surface area contributed by atoms with Crippen molar-refractivity contribution in [2.45, 2.75) is 107 Å². The van der Waals surface area contributed by atoms with Crippen molar-refractivity contribution in [1.29, 1.82) is 0 Å². The predicted molar refractivity (Wildman–Crippen MR) is 249 cm³/mol. The summed E-state index contributed by atoms with van der Waals surface area (Å²) < 4.78 is 22.2. The molecule has 9 nitrogen and oxygen atoms in total. The van der Waals surface area contributed by atoms with Crippen LogP contribution >= 0.6 is 0 Å². The first-order valence-corrected chi connectivity index (χ1v) is 23.6. The lowest BCUT2D eigenvalue weighted by Crippen LogP contribution is -2.47. The van der Waals surface area contributed by atoms with E-state index >= 15 is 0 Å². The molecule has 12 rings (SSSR count). The Kier molecular flexibility index (Phi) is 11.0.